The number of carbonyl (C=O) groups is 2. The Morgan fingerprint density at radius 3 is 1.57 bits per heavy atom. The number of carboxylic acid groups (broad SMARTS) is 2. The summed E-state index contributed by atoms with van der Waals surface area (Å²) >= 11 is 0. The summed E-state index contributed by atoms with van der Waals surface area (Å²) in [5.74, 6) is -1.86. The van der Waals surface area contributed by atoms with Crippen molar-refractivity contribution in [1.29, 1.82) is 0 Å². The molecule has 0 saturated carbocycles. The van der Waals surface area contributed by atoms with Crippen LogP contribution in [0.4, 0.5) is 0 Å². The first-order valence-electron chi connectivity index (χ1n) is 4.03. The molecular formula is C8H12N2O4. The molecule has 6 nitrogen and oxygen atoms in total. The molecule has 0 aromatic carbocycles. The summed E-state index contributed by atoms with van der Waals surface area (Å²) in [4.78, 5) is 27.6. The minimum absolute atomic E-state index is 0.0984. The third-order valence-electron chi connectivity index (χ3n) is 1.15. The molecule has 0 fully saturated rings. The molecule has 0 atom stereocenters. The Bertz CT molecular complexity index is 222. The number of carboxylic acids is 2. The van der Waals surface area contributed by atoms with Gasteiger partial charge in [0.1, 0.15) is 0 Å². The van der Waals surface area contributed by atoms with Crippen LogP contribution in [-0.4, -0.2) is 47.7 Å². The molecule has 0 amide bonds. The standard InChI is InChI=1S/C8H12N2O4/c11-7(12)1-3-9-5-6-10-4-2-8(13)14/h3-4H,1-2,5-6H2,(H,11,12)(H,13,14). The van der Waals surface area contributed by atoms with Gasteiger partial charge < -0.3 is 10.2 Å². The van der Waals surface area contributed by atoms with Crippen LogP contribution in [0.25, 0.3) is 0 Å². The molecule has 78 valence electrons. The van der Waals surface area contributed by atoms with Gasteiger partial charge in [-0.05, 0) is 0 Å². The van der Waals surface area contributed by atoms with Crippen LogP contribution in [0, 0.1) is 0 Å². The predicted molar refractivity (Wildman–Crippen MR) is 51.2 cm³/mol. The highest BCUT2D eigenvalue weighted by Gasteiger charge is 1.90. The number of hydrogen-bond donors (Lipinski definition) is 2. The van der Waals surface area contributed by atoms with E-state index in [1.165, 1.54) is 12.4 Å². The topological polar surface area (TPSA) is 99.3 Å². The molecule has 0 radical (unpaired) electrons. The van der Waals surface area contributed by atoms with E-state index >= 15 is 0 Å². The lowest BCUT2D eigenvalue weighted by Gasteiger charge is -1.88. The highest BCUT2D eigenvalue weighted by atomic mass is 16.4. The lowest BCUT2D eigenvalue weighted by Crippen LogP contribution is -1.97. The van der Waals surface area contributed by atoms with E-state index in [-0.39, 0.29) is 12.8 Å². The van der Waals surface area contributed by atoms with Crippen LogP contribution >= 0.6 is 0 Å². The smallest absolute Gasteiger partial charge is 0.308 e. The first-order chi connectivity index (χ1) is 6.63. The Hall–Kier alpha value is -1.72. The van der Waals surface area contributed by atoms with Gasteiger partial charge in [0.05, 0.1) is 25.9 Å². The van der Waals surface area contributed by atoms with Crippen LogP contribution < -0.4 is 0 Å². The Morgan fingerprint density at radius 1 is 0.929 bits per heavy atom. The Balaban J connectivity index is 3.37. The van der Waals surface area contributed by atoms with Gasteiger partial charge in [-0.2, -0.15) is 0 Å². The maximum atomic E-state index is 10.0. The fourth-order valence-electron chi connectivity index (χ4n) is 0.583. The van der Waals surface area contributed by atoms with Crippen LogP contribution in [0.15, 0.2) is 9.98 Å². The van der Waals surface area contributed by atoms with Gasteiger partial charge in [0.25, 0.3) is 0 Å². The second-order valence-electron chi connectivity index (χ2n) is 2.37. The predicted octanol–water partition coefficient (Wildman–Crippen LogP) is 0.0774. The van der Waals surface area contributed by atoms with Gasteiger partial charge in [0.15, 0.2) is 0 Å². The minimum atomic E-state index is -0.928. The highest BCUT2D eigenvalue weighted by Crippen LogP contribution is 1.78. The molecule has 0 aromatic rings. The molecular weight excluding hydrogens is 188 g/mol. The molecule has 0 aliphatic heterocycles. The van der Waals surface area contributed by atoms with E-state index in [4.69, 9.17) is 10.2 Å². The third kappa shape index (κ3) is 10.3. The zero-order valence-electron chi connectivity index (χ0n) is 7.59. The largest absolute Gasteiger partial charge is 0.481 e. The van der Waals surface area contributed by atoms with Crippen molar-refractivity contribution >= 4 is 24.4 Å². The van der Waals surface area contributed by atoms with Gasteiger partial charge in [0.2, 0.25) is 0 Å². The van der Waals surface area contributed by atoms with Gasteiger partial charge in [-0.1, -0.05) is 0 Å². The molecule has 0 aliphatic rings. The van der Waals surface area contributed by atoms with Crippen molar-refractivity contribution in [3.8, 4) is 0 Å². The van der Waals surface area contributed by atoms with Crippen LogP contribution in [0.1, 0.15) is 12.8 Å². The molecule has 0 aliphatic carbocycles. The SMILES string of the molecule is O=C(O)CC=NCCN=CCC(=O)O. The van der Waals surface area contributed by atoms with Crippen molar-refractivity contribution in [3.05, 3.63) is 0 Å². The number of rotatable bonds is 7. The first kappa shape index (κ1) is 12.3. The summed E-state index contributed by atoms with van der Waals surface area (Å²) in [5.41, 5.74) is 0. The van der Waals surface area contributed by atoms with E-state index in [0.29, 0.717) is 13.1 Å². The Kier molecular flexibility index (Phi) is 6.93. The highest BCUT2D eigenvalue weighted by molar-refractivity contribution is 5.85. The van der Waals surface area contributed by atoms with Crippen LogP contribution in [-0.2, 0) is 9.59 Å². The van der Waals surface area contributed by atoms with Gasteiger partial charge in [0, 0.05) is 12.4 Å². The van der Waals surface area contributed by atoms with Gasteiger partial charge >= 0.3 is 11.9 Å². The van der Waals surface area contributed by atoms with E-state index in [1.807, 2.05) is 0 Å². The summed E-state index contributed by atoms with van der Waals surface area (Å²) < 4.78 is 0. The molecule has 0 heterocycles. The maximum Gasteiger partial charge on any atom is 0.308 e. The van der Waals surface area contributed by atoms with E-state index in [2.05, 4.69) is 9.98 Å². The van der Waals surface area contributed by atoms with Crippen molar-refractivity contribution in [2.24, 2.45) is 9.98 Å². The Labute approximate surface area is 81.0 Å². The lowest BCUT2D eigenvalue weighted by atomic mass is 10.5. The molecule has 6 heteroatoms. The van der Waals surface area contributed by atoms with Crippen molar-refractivity contribution in [2.45, 2.75) is 12.8 Å². The van der Waals surface area contributed by atoms with Gasteiger partial charge in [-0.25, -0.2) is 0 Å². The average Bonchev–Trinajstić information content (AvgIpc) is 2.08. The summed E-state index contributed by atoms with van der Waals surface area (Å²) in [5, 5.41) is 16.5. The minimum Gasteiger partial charge on any atom is -0.481 e. The van der Waals surface area contributed by atoms with Crippen molar-refractivity contribution in [3.63, 3.8) is 0 Å². The van der Waals surface area contributed by atoms with Crippen LogP contribution in [0.3, 0.4) is 0 Å². The van der Waals surface area contributed by atoms with Gasteiger partial charge in [-0.15, -0.1) is 0 Å². The quantitative estimate of drug-likeness (QED) is 0.449. The lowest BCUT2D eigenvalue weighted by molar-refractivity contribution is -0.136. The third-order valence-corrected chi connectivity index (χ3v) is 1.15. The number of hydrogen-bond acceptors (Lipinski definition) is 4. The fraction of sp³-hybridized carbons (Fsp3) is 0.500. The molecule has 0 rings (SSSR count). The van der Waals surface area contributed by atoms with Crippen LogP contribution in [0.2, 0.25) is 0 Å². The molecule has 0 unspecified atom stereocenters. The fourth-order valence-corrected chi connectivity index (χ4v) is 0.583. The van der Waals surface area contributed by atoms with Crippen LogP contribution in [0.5, 0.6) is 0 Å². The van der Waals surface area contributed by atoms with Crippen molar-refractivity contribution in [1.82, 2.24) is 0 Å². The summed E-state index contributed by atoms with van der Waals surface area (Å²) in [7, 11) is 0. The Morgan fingerprint density at radius 2 is 1.29 bits per heavy atom. The maximum absolute atomic E-state index is 10.0. The monoisotopic (exact) mass is 200 g/mol. The number of nitrogens with zero attached hydrogens (tertiary/aromatic N) is 2. The second kappa shape index (κ2) is 7.90. The summed E-state index contributed by atoms with van der Waals surface area (Å²) in [6.45, 7) is 0.757. The number of aliphatic carboxylic acids is 2. The summed E-state index contributed by atoms with van der Waals surface area (Å²) in [6.07, 6.45) is 2.40. The normalized spacial score (nSPS) is 11.1. The van der Waals surface area contributed by atoms with Gasteiger partial charge in [-0.3, -0.25) is 19.6 Å². The zero-order valence-corrected chi connectivity index (χ0v) is 7.59. The number of aliphatic imine (C=N–C) groups is 2. The van der Waals surface area contributed by atoms with E-state index in [9.17, 15) is 9.59 Å². The van der Waals surface area contributed by atoms with Crippen molar-refractivity contribution in [2.75, 3.05) is 13.1 Å². The molecule has 0 spiro atoms. The average molecular weight is 200 g/mol. The molecule has 0 aromatic heterocycles. The summed E-state index contributed by atoms with van der Waals surface area (Å²) in [6, 6.07) is 0. The van der Waals surface area contributed by atoms with Crippen molar-refractivity contribution < 1.29 is 19.8 Å². The molecule has 0 saturated heterocycles. The molecule has 14 heavy (non-hydrogen) atoms. The first-order valence-corrected chi connectivity index (χ1v) is 4.03. The van der Waals surface area contributed by atoms with E-state index in [0.717, 1.165) is 0 Å². The molecule has 0 bridgehead atoms. The zero-order chi connectivity index (χ0) is 10.8. The van der Waals surface area contributed by atoms with E-state index in [1.54, 1.807) is 0 Å². The van der Waals surface area contributed by atoms with E-state index < -0.39 is 11.9 Å². The second-order valence-corrected chi connectivity index (χ2v) is 2.37. The molecule has 2 N–H and O–H groups in total.